The summed E-state index contributed by atoms with van der Waals surface area (Å²) in [5.41, 5.74) is 0.214. The summed E-state index contributed by atoms with van der Waals surface area (Å²) in [6.45, 7) is 0. The highest BCUT2D eigenvalue weighted by Gasteiger charge is 2.19. The number of rotatable bonds is 3. The first-order valence-electron chi connectivity index (χ1n) is 5.41. The highest BCUT2D eigenvalue weighted by atomic mass is 79.9. The molecule has 1 heterocycles. The first kappa shape index (κ1) is 13.5. The minimum absolute atomic E-state index is 0.0317. The molecule has 0 unspecified atom stereocenters. The molecule has 0 bridgehead atoms. The van der Waals surface area contributed by atoms with E-state index in [1.165, 1.54) is 22.8 Å². The molecule has 2 rings (SSSR count). The first-order valence-corrected chi connectivity index (χ1v) is 6.20. The highest BCUT2D eigenvalue weighted by molar-refractivity contribution is 9.10. The standard InChI is InChI=1S/C13H10BrFN2O2/c1-17-6-2-3-11(17)12(18)13(19)16-10-5-4-8(14)7-9(10)15/h2-7H,1H3,(H,16,19). The average Bonchev–Trinajstić information content (AvgIpc) is 2.78. The second-order valence-electron chi connectivity index (χ2n) is 3.91. The quantitative estimate of drug-likeness (QED) is 0.697. The number of benzene rings is 1. The van der Waals surface area contributed by atoms with Gasteiger partial charge in [-0.2, -0.15) is 0 Å². The van der Waals surface area contributed by atoms with Crippen molar-refractivity contribution in [2.45, 2.75) is 0 Å². The summed E-state index contributed by atoms with van der Waals surface area (Å²) in [6, 6.07) is 7.35. The Morgan fingerprint density at radius 3 is 2.63 bits per heavy atom. The normalized spacial score (nSPS) is 10.3. The van der Waals surface area contributed by atoms with Crippen molar-refractivity contribution in [1.82, 2.24) is 4.57 Å². The van der Waals surface area contributed by atoms with Crippen LogP contribution in [0.3, 0.4) is 0 Å². The lowest BCUT2D eigenvalue weighted by atomic mass is 10.2. The van der Waals surface area contributed by atoms with E-state index in [1.54, 1.807) is 25.4 Å². The topological polar surface area (TPSA) is 51.1 Å². The number of hydrogen-bond acceptors (Lipinski definition) is 2. The van der Waals surface area contributed by atoms with Gasteiger partial charge in [0.2, 0.25) is 0 Å². The summed E-state index contributed by atoms with van der Waals surface area (Å²) in [5.74, 6) is -2.19. The maximum atomic E-state index is 13.5. The predicted octanol–water partition coefficient (Wildman–Crippen LogP) is 2.75. The lowest BCUT2D eigenvalue weighted by Crippen LogP contribution is -2.25. The van der Waals surface area contributed by atoms with Crippen molar-refractivity contribution < 1.29 is 14.0 Å². The minimum Gasteiger partial charge on any atom is -0.348 e. The maximum Gasteiger partial charge on any atom is 0.298 e. The number of carbonyl (C=O) groups excluding carboxylic acids is 2. The molecule has 0 spiro atoms. The van der Waals surface area contributed by atoms with Gasteiger partial charge in [-0.05, 0) is 30.3 Å². The summed E-state index contributed by atoms with van der Waals surface area (Å²) < 4.78 is 15.6. The van der Waals surface area contributed by atoms with E-state index in [2.05, 4.69) is 21.2 Å². The Hall–Kier alpha value is -1.95. The molecule has 2 aromatic rings. The molecule has 0 aliphatic heterocycles. The molecule has 1 N–H and O–H groups in total. The number of nitrogens with one attached hydrogen (secondary N) is 1. The Labute approximate surface area is 117 Å². The van der Waals surface area contributed by atoms with Gasteiger partial charge in [-0.1, -0.05) is 15.9 Å². The van der Waals surface area contributed by atoms with Crippen LogP contribution in [0.1, 0.15) is 10.5 Å². The molecule has 0 aliphatic carbocycles. The summed E-state index contributed by atoms with van der Waals surface area (Å²) in [5, 5.41) is 2.26. The Morgan fingerprint density at radius 2 is 2.05 bits per heavy atom. The van der Waals surface area contributed by atoms with Gasteiger partial charge in [-0.25, -0.2) is 4.39 Å². The van der Waals surface area contributed by atoms with Crippen molar-refractivity contribution in [3.63, 3.8) is 0 Å². The van der Waals surface area contributed by atoms with Crippen molar-refractivity contribution in [1.29, 1.82) is 0 Å². The number of anilines is 1. The van der Waals surface area contributed by atoms with Crippen molar-refractivity contribution >= 4 is 33.3 Å². The van der Waals surface area contributed by atoms with Crippen LogP contribution in [-0.4, -0.2) is 16.3 Å². The second kappa shape index (κ2) is 5.36. The molecule has 1 amide bonds. The van der Waals surface area contributed by atoms with E-state index in [0.717, 1.165) is 0 Å². The van der Waals surface area contributed by atoms with Crippen LogP contribution >= 0.6 is 15.9 Å². The average molecular weight is 325 g/mol. The number of aryl methyl sites for hydroxylation is 1. The zero-order valence-electron chi connectivity index (χ0n) is 9.98. The van der Waals surface area contributed by atoms with Gasteiger partial charge in [0.1, 0.15) is 5.82 Å². The highest BCUT2D eigenvalue weighted by Crippen LogP contribution is 2.19. The number of amides is 1. The molecule has 1 aromatic heterocycles. The third kappa shape index (κ3) is 2.90. The van der Waals surface area contributed by atoms with E-state index in [-0.39, 0.29) is 11.4 Å². The fourth-order valence-corrected chi connectivity index (χ4v) is 1.92. The van der Waals surface area contributed by atoms with E-state index >= 15 is 0 Å². The number of halogens is 2. The zero-order chi connectivity index (χ0) is 14.0. The molecule has 0 atom stereocenters. The summed E-state index contributed by atoms with van der Waals surface area (Å²) >= 11 is 3.11. The van der Waals surface area contributed by atoms with Crippen LogP contribution in [0, 0.1) is 5.82 Å². The third-order valence-corrected chi connectivity index (χ3v) is 3.06. The number of hydrogen-bond donors (Lipinski definition) is 1. The van der Waals surface area contributed by atoms with Gasteiger partial charge in [0, 0.05) is 17.7 Å². The van der Waals surface area contributed by atoms with Crippen LogP contribution in [-0.2, 0) is 11.8 Å². The fourth-order valence-electron chi connectivity index (χ4n) is 1.58. The van der Waals surface area contributed by atoms with Crippen LogP contribution in [0.25, 0.3) is 0 Å². The largest absolute Gasteiger partial charge is 0.348 e. The van der Waals surface area contributed by atoms with Crippen LogP contribution in [0.4, 0.5) is 10.1 Å². The maximum absolute atomic E-state index is 13.5. The molecule has 0 fully saturated rings. The van der Waals surface area contributed by atoms with Crippen LogP contribution in [0.5, 0.6) is 0 Å². The first-order chi connectivity index (χ1) is 8.99. The van der Waals surface area contributed by atoms with Crippen molar-refractivity contribution in [2.24, 2.45) is 7.05 Å². The van der Waals surface area contributed by atoms with E-state index in [9.17, 15) is 14.0 Å². The Balaban J connectivity index is 2.18. The zero-order valence-corrected chi connectivity index (χ0v) is 11.6. The van der Waals surface area contributed by atoms with Crippen molar-refractivity contribution in [2.75, 3.05) is 5.32 Å². The second-order valence-corrected chi connectivity index (χ2v) is 4.83. The smallest absolute Gasteiger partial charge is 0.298 e. The van der Waals surface area contributed by atoms with E-state index < -0.39 is 17.5 Å². The summed E-state index contributed by atoms with van der Waals surface area (Å²) in [7, 11) is 1.65. The lowest BCUT2D eigenvalue weighted by Gasteiger charge is -2.06. The molecule has 6 heteroatoms. The molecular formula is C13H10BrFN2O2. The van der Waals surface area contributed by atoms with Crippen LogP contribution in [0.2, 0.25) is 0 Å². The molecule has 1 aromatic carbocycles. The third-order valence-electron chi connectivity index (χ3n) is 2.56. The minimum atomic E-state index is -0.872. The van der Waals surface area contributed by atoms with Crippen molar-refractivity contribution in [3.8, 4) is 0 Å². The van der Waals surface area contributed by atoms with Gasteiger partial charge in [-0.3, -0.25) is 9.59 Å². The van der Waals surface area contributed by atoms with Gasteiger partial charge in [0.05, 0.1) is 11.4 Å². The molecule has 0 saturated carbocycles. The number of nitrogens with zero attached hydrogens (tertiary/aromatic N) is 1. The Morgan fingerprint density at radius 1 is 1.32 bits per heavy atom. The lowest BCUT2D eigenvalue weighted by molar-refractivity contribution is -0.112. The summed E-state index contributed by atoms with van der Waals surface area (Å²) in [4.78, 5) is 23.6. The fraction of sp³-hybridized carbons (Fsp3) is 0.0769. The van der Waals surface area contributed by atoms with Gasteiger partial charge in [-0.15, -0.1) is 0 Å². The number of ketones is 1. The van der Waals surface area contributed by atoms with Gasteiger partial charge in [0.25, 0.3) is 11.7 Å². The SMILES string of the molecule is Cn1cccc1C(=O)C(=O)Nc1ccc(Br)cc1F. The van der Waals surface area contributed by atoms with Crippen LogP contribution < -0.4 is 5.32 Å². The summed E-state index contributed by atoms with van der Waals surface area (Å²) in [6.07, 6.45) is 1.65. The van der Waals surface area contributed by atoms with E-state index in [4.69, 9.17) is 0 Å². The van der Waals surface area contributed by atoms with Crippen molar-refractivity contribution in [3.05, 3.63) is 52.5 Å². The predicted molar refractivity (Wildman–Crippen MR) is 72.5 cm³/mol. The van der Waals surface area contributed by atoms with Gasteiger partial charge in [0.15, 0.2) is 0 Å². The number of Topliss-reactive ketones (excluding diaryl/α,β-unsaturated/α-hetero) is 1. The van der Waals surface area contributed by atoms with E-state index in [1.807, 2.05) is 0 Å². The Kier molecular flexibility index (Phi) is 3.80. The molecule has 19 heavy (non-hydrogen) atoms. The molecule has 0 saturated heterocycles. The molecule has 98 valence electrons. The number of aromatic nitrogens is 1. The number of carbonyl (C=O) groups is 2. The monoisotopic (exact) mass is 324 g/mol. The van der Waals surface area contributed by atoms with Gasteiger partial charge >= 0.3 is 0 Å². The molecule has 0 radical (unpaired) electrons. The van der Waals surface area contributed by atoms with Gasteiger partial charge < -0.3 is 9.88 Å². The molecular weight excluding hydrogens is 315 g/mol. The Bertz CT molecular complexity index is 652. The molecule has 0 aliphatic rings. The molecule has 4 nitrogen and oxygen atoms in total. The van der Waals surface area contributed by atoms with Crippen LogP contribution in [0.15, 0.2) is 41.0 Å². The van der Waals surface area contributed by atoms with E-state index in [0.29, 0.717) is 4.47 Å².